The summed E-state index contributed by atoms with van der Waals surface area (Å²) in [5, 5.41) is 6.87. The van der Waals surface area contributed by atoms with Crippen LogP contribution >= 0.6 is 0 Å². The van der Waals surface area contributed by atoms with Gasteiger partial charge in [0, 0.05) is 12.6 Å². The van der Waals surface area contributed by atoms with Crippen molar-refractivity contribution in [2.45, 2.75) is 37.9 Å². The lowest BCUT2D eigenvalue weighted by atomic mass is 10.0. The average molecular weight is 252 g/mol. The summed E-state index contributed by atoms with van der Waals surface area (Å²) >= 11 is 0. The lowest BCUT2D eigenvalue weighted by molar-refractivity contribution is -0.131. The number of carbonyl (C=O) groups is 1. The summed E-state index contributed by atoms with van der Waals surface area (Å²) in [4.78, 5) is 13.9. The molecule has 5 nitrogen and oxygen atoms in total. The number of nitrogens with one attached hydrogen (secondary N) is 2. The summed E-state index contributed by atoms with van der Waals surface area (Å²) in [6, 6.07) is 0.532. The minimum absolute atomic E-state index is 0.0496. The van der Waals surface area contributed by atoms with Gasteiger partial charge in [-0.15, -0.1) is 0 Å². The zero-order valence-corrected chi connectivity index (χ0v) is 10.9. The molecule has 3 rings (SSSR count). The molecule has 1 unspecified atom stereocenters. The van der Waals surface area contributed by atoms with Crippen molar-refractivity contribution in [2.24, 2.45) is 17.6 Å². The third-order valence-electron chi connectivity index (χ3n) is 4.82. The molecule has 102 valence electrons. The first-order chi connectivity index (χ1) is 8.74. The highest BCUT2D eigenvalue weighted by Gasteiger charge is 2.37. The van der Waals surface area contributed by atoms with Gasteiger partial charge in [0.2, 0.25) is 5.91 Å². The quantitative estimate of drug-likeness (QED) is 0.632. The average Bonchev–Trinajstić information content (AvgIpc) is 3.00. The maximum atomic E-state index is 12.0. The number of carbonyl (C=O) groups excluding carboxylic acids is 1. The van der Waals surface area contributed by atoms with E-state index in [0.29, 0.717) is 12.6 Å². The number of hydrogen-bond donors (Lipinski definition) is 3. The first kappa shape index (κ1) is 12.4. The van der Waals surface area contributed by atoms with Crippen LogP contribution in [0.4, 0.5) is 0 Å². The van der Waals surface area contributed by atoms with E-state index in [-0.39, 0.29) is 12.1 Å². The molecular weight excluding hydrogens is 228 g/mol. The van der Waals surface area contributed by atoms with Crippen LogP contribution in [0.2, 0.25) is 0 Å². The van der Waals surface area contributed by atoms with Crippen LogP contribution in [0.25, 0.3) is 0 Å². The first-order valence-corrected chi connectivity index (χ1v) is 7.23. The molecule has 2 heterocycles. The Bertz CT molecular complexity index is 310. The number of rotatable bonds is 3. The lowest BCUT2D eigenvalue weighted by Gasteiger charge is -2.22. The van der Waals surface area contributed by atoms with E-state index in [0.717, 1.165) is 44.3 Å². The highest BCUT2D eigenvalue weighted by molar-refractivity contribution is 5.78. The fraction of sp³-hybridized carbons (Fsp3) is 0.923. The van der Waals surface area contributed by atoms with Crippen molar-refractivity contribution in [3.63, 3.8) is 0 Å². The van der Waals surface area contributed by atoms with Gasteiger partial charge in [-0.3, -0.25) is 4.79 Å². The van der Waals surface area contributed by atoms with E-state index in [2.05, 4.69) is 10.6 Å². The molecule has 3 fully saturated rings. The van der Waals surface area contributed by atoms with Gasteiger partial charge in [-0.1, -0.05) is 0 Å². The zero-order chi connectivity index (χ0) is 12.5. The monoisotopic (exact) mass is 252 g/mol. The smallest absolute Gasteiger partial charge is 0.237 e. The van der Waals surface area contributed by atoms with E-state index in [9.17, 15) is 4.79 Å². The van der Waals surface area contributed by atoms with Crippen molar-refractivity contribution in [3.05, 3.63) is 0 Å². The maximum absolute atomic E-state index is 12.0. The minimum Gasteiger partial charge on any atom is -0.326 e. The lowest BCUT2D eigenvalue weighted by Crippen LogP contribution is -2.46. The summed E-state index contributed by atoms with van der Waals surface area (Å²) in [6.07, 6.45) is 4.39. The van der Waals surface area contributed by atoms with Crippen molar-refractivity contribution in [3.8, 4) is 0 Å². The van der Waals surface area contributed by atoms with Crippen LogP contribution in [0.1, 0.15) is 25.7 Å². The summed E-state index contributed by atoms with van der Waals surface area (Å²) in [6.45, 7) is 3.62. The molecule has 0 spiro atoms. The molecule has 2 saturated heterocycles. The molecular formula is C13H24N4O. The van der Waals surface area contributed by atoms with E-state index in [1.54, 1.807) is 0 Å². The predicted octanol–water partition coefficient (Wildman–Crippen LogP) is -0.519. The summed E-state index contributed by atoms with van der Waals surface area (Å²) in [5.41, 5.74) is 5.91. The molecule has 0 aromatic carbocycles. The number of likely N-dealkylation sites (tertiary alicyclic amines) is 1. The largest absolute Gasteiger partial charge is 0.326 e. The second-order valence-corrected chi connectivity index (χ2v) is 6.02. The van der Waals surface area contributed by atoms with Crippen LogP contribution in [0.3, 0.4) is 0 Å². The van der Waals surface area contributed by atoms with Crippen LogP contribution in [0.15, 0.2) is 0 Å². The van der Waals surface area contributed by atoms with Crippen LogP contribution in [-0.4, -0.2) is 49.2 Å². The number of nitrogens with zero attached hydrogens (tertiary/aromatic N) is 1. The van der Waals surface area contributed by atoms with Crippen molar-refractivity contribution in [1.82, 2.24) is 15.5 Å². The molecule has 2 aliphatic heterocycles. The summed E-state index contributed by atoms with van der Waals surface area (Å²) in [5.74, 6) is 1.83. The Labute approximate surface area is 108 Å². The second kappa shape index (κ2) is 5.15. The van der Waals surface area contributed by atoms with Gasteiger partial charge < -0.3 is 21.3 Å². The minimum atomic E-state index is -0.0496. The Kier molecular flexibility index (Phi) is 3.54. The molecule has 18 heavy (non-hydrogen) atoms. The second-order valence-electron chi connectivity index (χ2n) is 6.02. The van der Waals surface area contributed by atoms with Crippen LogP contribution in [0.5, 0.6) is 0 Å². The number of hydrogen-bond acceptors (Lipinski definition) is 4. The van der Waals surface area contributed by atoms with Gasteiger partial charge in [0.15, 0.2) is 0 Å². The molecule has 4 N–H and O–H groups in total. The molecule has 0 aromatic rings. The van der Waals surface area contributed by atoms with Crippen molar-refractivity contribution in [1.29, 1.82) is 0 Å². The number of fused-ring (bicyclic) bond motifs is 1. The van der Waals surface area contributed by atoms with Gasteiger partial charge in [0.05, 0.1) is 12.7 Å². The van der Waals surface area contributed by atoms with Crippen LogP contribution in [0, 0.1) is 11.8 Å². The standard InChI is InChI=1S/C13H24N4O/c14-12-2-1-3-17(12)13(18)8-16-11-4-9-6-15-7-10(9)5-11/h9-12,15-16H,1-8,14H2/t9-,10+,11?,12-/m0/s1. The molecule has 1 amide bonds. The molecule has 3 aliphatic rings. The fourth-order valence-corrected chi connectivity index (χ4v) is 3.77. The predicted molar refractivity (Wildman–Crippen MR) is 69.8 cm³/mol. The van der Waals surface area contributed by atoms with Gasteiger partial charge >= 0.3 is 0 Å². The van der Waals surface area contributed by atoms with Crippen LogP contribution in [-0.2, 0) is 4.79 Å². The van der Waals surface area contributed by atoms with Crippen molar-refractivity contribution < 1.29 is 4.79 Å². The Balaban J connectivity index is 1.43. The summed E-state index contributed by atoms with van der Waals surface area (Å²) in [7, 11) is 0. The number of nitrogens with two attached hydrogens (primary N) is 1. The Morgan fingerprint density at radius 2 is 2.06 bits per heavy atom. The molecule has 0 aromatic heterocycles. The van der Waals surface area contributed by atoms with Gasteiger partial charge in [-0.05, 0) is 50.6 Å². The zero-order valence-electron chi connectivity index (χ0n) is 10.9. The normalized spacial score (nSPS) is 39.3. The summed E-state index contributed by atoms with van der Waals surface area (Å²) < 4.78 is 0. The van der Waals surface area contributed by atoms with Crippen LogP contribution < -0.4 is 16.4 Å². The van der Waals surface area contributed by atoms with E-state index in [4.69, 9.17) is 5.73 Å². The highest BCUT2D eigenvalue weighted by Crippen LogP contribution is 2.34. The molecule has 1 saturated carbocycles. The third kappa shape index (κ3) is 2.39. The van der Waals surface area contributed by atoms with Crippen molar-refractivity contribution >= 4 is 5.91 Å². The van der Waals surface area contributed by atoms with Crippen molar-refractivity contribution in [2.75, 3.05) is 26.2 Å². The molecule has 0 bridgehead atoms. The Hall–Kier alpha value is -0.650. The maximum Gasteiger partial charge on any atom is 0.237 e. The van der Waals surface area contributed by atoms with Gasteiger partial charge in [0.25, 0.3) is 0 Å². The fourth-order valence-electron chi connectivity index (χ4n) is 3.77. The SMILES string of the molecule is N[C@@H]1CCCN1C(=O)CNC1C[C@H]2CNC[C@H]2C1. The topological polar surface area (TPSA) is 70.4 Å². The van der Waals surface area contributed by atoms with E-state index in [1.165, 1.54) is 12.8 Å². The Morgan fingerprint density at radius 1 is 1.33 bits per heavy atom. The van der Waals surface area contributed by atoms with Gasteiger partial charge in [-0.25, -0.2) is 0 Å². The number of amides is 1. The van der Waals surface area contributed by atoms with E-state index < -0.39 is 0 Å². The molecule has 5 heteroatoms. The molecule has 1 aliphatic carbocycles. The highest BCUT2D eigenvalue weighted by atomic mass is 16.2. The molecule has 4 atom stereocenters. The van der Waals surface area contributed by atoms with E-state index >= 15 is 0 Å². The Morgan fingerprint density at radius 3 is 2.67 bits per heavy atom. The van der Waals surface area contributed by atoms with Gasteiger partial charge in [0.1, 0.15) is 0 Å². The molecule has 0 radical (unpaired) electrons. The van der Waals surface area contributed by atoms with E-state index in [1.807, 2.05) is 4.90 Å². The van der Waals surface area contributed by atoms with Gasteiger partial charge in [-0.2, -0.15) is 0 Å². The first-order valence-electron chi connectivity index (χ1n) is 7.23. The third-order valence-corrected chi connectivity index (χ3v) is 4.82.